The van der Waals surface area contributed by atoms with Gasteiger partial charge in [-0.15, -0.1) is 0 Å². The highest BCUT2D eigenvalue weighted by molar-refractivity contribution is 6.15. The van der Waals surface area contributed by atoms with E-state index in [1.165, 1.54) is 20.8 Å². The van der Waals surface area contributed by atoms with Crippen LogP contribution in [0.25, 0.3) is 0 Å². The number of carbonyl (C=O) groups excluding carboxylic acids is 2. The number of hydrogen-bond acceptors (Lipinski definition) is 6. The summed E-state index contributed by atoms with van der Waals surface area (Å²) in [5.74, 6) is -3.40. The van der Waals surface area contributed by atoms with Crippen molar-refractivity contribution in [3.05, 3.63) is 23.0 Å². The third kappa shape index (κ3) is 2.84. The minimum atomic E-state index is -1.32. The first-order valence-corrected chi connectivity index (χ1v) is 4.75. The molecule has 1 N–H and O–H groups in total. The van der Waals surface area contributed by atoms with Crippen molar-refractivity contribution >= 4 is 11.9 Å². The maximum Gasteiger partial charge on any atom is 0.348 e. The summed E-state index contributed by atoms with van der Waals surface area (Å²) in [4.78, 5) is 23.0. The van der Waals surface area contributed by atoms with Gasteiger partial charge in [0.1, 0.15) is 17.4 Å². The summed E-state index contributed by atoms with van der Waals surface area (Å²) >= 11 is 0. The fourth-order valence-corrected chi connectivity index (χ4v) is 1.14. The van der Waals surface area contributed by atoms with Crippen LogP contribution in [0.15, 0.2) is 23.0 Å². The molecule has 1 aliphatic rings. The highest BCUT2D eigenvalue weighted by Crippen LogP contribution is 2.23. The van der Waals surface area contributed by atoms with E-state index < -0.39 is 23.3 Å². The Morgan fingerprint density at radius 1 is 1.35 bits per heavy atom. The van der Waals surface area contributed by atoms with Crippen molar-refractivity contribution in [2.75, 3.05) is 0 Å². The molecule has 0 radical (unpaired) electrons. The van der Waals surface area contributed by atoms with Gasteiger partial charge in [-0.25, -0.2) is 9.59 Å². The molecule has 0 bridgehead atoms. The molecule has 1 heterocycles. The molecule has 0 aliphatic carbocycles. The van der Waals surface area contributed by atoms with Crippen molar-refractivity contribution in [1.29, 1.82) is 5.26 Å². The highest BCUT2D eigenvalue weighted by Gasteiger charge is 2.39. The van der Waals surface area contributed by atoms with E-state index in [1.54, 1.807) is 6.07 Å². The predicted molar refractivity (Wildman–Crippen MR) is 55.3 cm³/mol. The number of aliphatic hydroxyl groups excluding tert-OH is 1. The zero-order chi connectivity index (χ0) is 13.2. The van der Waals surface area contributed by atoms with E-state index in [4.69, 9.17) is 19.8 Å². The average Bonchev–Trinajstić information content (AvgIpc) is 2.14. The smallest absolute Gasteiger partial charge is 0.348 e. The summed E-state index contributed by atoms with van der Waals surface area (Å²) in [6.45, 7) is 4.09. The molecular formula is C11H11NO5. The zero-order valence-corrected chi connectivity index (χ0v) is 9.60. The maximum absolute atomic E-state index is 11.5. The number of ether oxygens (including phenoxy) is 2. The van der Waals surface area contributed by atoms with Gasteiger partial charge >= 0.3 is 11.9 Å². The Kier molecular flexibility index (Phi) is 3.23. The van der Waals surface area contributed by atoms with Crippen molar-refractivity contribution in [3.63, 3.8) is 0 Å². The van der Waals surface area contributed by atoms with E-state index in [9.17, 15) is 9.59 Å². The Morgan fingerprint density at radius 3 is 2.18 bits per heavy atom. The molecule has 0 aromatic heterocycles. The van der Waals surface area contributed by atoms with Crippen LogP contribution in [0.4, 0.5) is 0 Å². The lowest BCUT2D eigenvalue weighted by Crippen LogP contribution is -2.41. The molecule has 0 atom stereocenters. The fraction of sp³-hybridized carbons (Fsp3) is 0.364. The summed E-state index contributed by atoms with van der Waals surface area (Å²) in [5.41, 5.74) is -0.622. The number of nitrogens with zero attached hydrogens (tertiary/aromatic N) is 1. The predicted octanol–water partition coefficient (Wildman–Crippen LogP) is 1.10. The minimum Gasteiger partial charge on any atom is -0.511 e. The topological polar surface area (TPSA) is 96.6 Å². The van der Waals surface area contributed by atoms with Crippen molar-refractivity contribution in [2.45, 2.75) is 26.6 Å². The number of hydrogen-bond donors (Lipinski definition) is 1. The molecule has 6 heteroatoms. The van der Waals surface area contributed by atoms with Gasteiger partial charge in [-0.1, -0.05) is 0 Å². The number of esters is 2. The van der Waals surface area contributed by atoms with Crippen LogP contribution < -0.4 is 0 Å². The van der Waals surface area contributed by atoms with Crippen LogP contribution >= 0.6 is 0 Å². The Hall–Kier alpha value is -2.29. The Morgan fingerprint density at radius 2 is 1.82 bits per heavy atom. The van der Waals surface area contributed by atoms with Gasteiger partial charge in [0.15, 0.2) is 0 Å². The van der Waals surface area contributed by atoms with Crippen LogP contribution in [0.3, 0.4) is 0 Å². The number of rotatable bonds is 1. The van der Waals surface area contributed by atoms with Gasteiger partial charge in [-0.2, -0.15) is 5.26 Å². The summed E-state index contributed by atoms with van der Waals surface area (Å²) in [6, 6.07) is 1.65. The fourth-order valence-electron chi connectivity index (χ4n) is 1.14. The van der Waals surface area contributed by atoms with Crippen LogP contribution in [-0.4, -0.2) is 22.8 Å². The number of cyclic esters (lactones) is 2. The van der Waals surface area contributed by atoms with Gasteiger partial charge < -0.3 is 14.6 Å². The number of carbonyl (C=O) groups is 2. The lowest BCUT2D eigenvalue weighted by Gasteiger charge is -2.29. The van der Waals surface area contributed by atoms with E-state index >= 15 is 0 Å². The zero-order valence-electron chi connectivity index (χ0n) is 9.60. The van der Waals surface area contributed by atoms with E-state index in [0.29, 0.717) is 0 Å². The molecule has 17 heavy (non-hydrogen) atoms. The van der Waals surface area contributed by atoms with Gasteiger partial charge in [-0.3, -0.25) is 0 Å². The Labute approximate surface area is 97.7 Å². The molecule has 6 nitrogen and oxygen atoms in total. The lowest BCUT2D eigenvalue weighted by atomic mass is 10.1. The summed E-state index contributed by atoms with van der Waals surface area (Å²) in [5, 5.41) is 17.8. The normalized spacial score (nSPS) is 19.8. The molecule has 0 amide bonds. The summed E-state index contributed by atoms with van der Waals surface area (Å²) in [6.07, 6.45) is 0.940. The summed E-state index contributed by atoms with van der Waals surface area (Å²) < 4.78 is 9.64. The molecule has 0 aromatic carbocycles. The van der Waals surface area contributed by atoms with Crippen LogP contribution in [-0.2, 0) is 19.1 Å². The maximum atomic E-state index is 11.5. The van der Waals surface area contributed by atoms with Gasteiger partial charge in [0.25, 0.3) is 5.79 Å². The summed E-state index contributed by atoms with van der Waals surface area (Å²) in [7, 11) is 0. The van der Waals surface area contributed by atoms with Gasteiger partial charge in [-0.05, 0) is 13.0 Å². The monoisotopic (exact) mass is 237 g/mol. The van der Waals surface area contributed by atoms with Crippen LogP contribution in [0.1, 0.15) is 20.8 Å². The van der Waals surface area contributed by atoms with Gasteiger partial charge in [0, 0.05) is 13.8 Å². The quantitative estimate of drug-likeness (QED) is 0.241. The molecule has 1 rings (SSSR count). The molecule has 1 saturated heterocycles. The first-order chi connectivity index (χ1) is 7.76. The molecule has 0 saturated carbocycles. The standard InChI is InChI=1S/C11H11NO5/c1-6(13)7(5-12)4-8-9(14)16-11(2,3)17-10(8)15/h4,13H,1-3H3. The second-order valence-electron chi connectivity index (χ2n) is 3.85. The number of aliphatic hydroxyl groups is 1. The van der Waals surface area contributed by atoms with E-state index in [0.717, 1.165) is 6.08 Å². The van der Waals surface area contributed by atoms with Crippen molar-refractivity contribution in [2.24, 2.45) is 0 Å². The van der Waals surface area contributed by atoms with Crippen LogP contribution in [0.5, 0.6) is 0 Å². The lowest BCUT2D eigenvalue weighted by molar-refractivity contribution is -0.222. The van der Waals surface area contributed by atoms with Crippen molar-refractivity contribution < 1.29 is 24.2 Å². The first-order valence-electron chi connectivity index (χ1n) is 4.75. The second-order valence-corrected chi connectivity index (χ2v) is 3.85. The van der Waals surface area contributed by atoms with Gasteiger partial charge in [0.05, 0.1) is 5.57 Å². The van der Waals surface area contributed by atoms with E-state index in [-0.39, 0.29) is 11.3 Å². The minimum absolute atomic E-state index is 0.200. The van der Waals surface area contributed by atoms with E-state index in [1.807, 2.05) is 0 Å². The van der Waals surface area contributed by atoms with Gasteiger partial charge in [0.2, 0.25) is 0 Å². The second kappa shape index (κ2) is 4.29. The molecule has 90 valence electrons. The highest BCUT2D eigenvalue weighted by atomic mass is 16.7. The molecule has 0 aromatic rings. The molecule has 1 aliphatic heterocycles. The van der Waals surface area contributed by atoms with Crippen molar-refractivity contribution in [1.82, 2.24) is 0 Å². The third-order valence-electron chi connectivity index (χ3n) is 1.92. The number of allylic oxidation sites excluding steroid dienone is 3. The Balaban J connectivity index is 3.14. The van der Waals surface area contributed by atoms with E-state index in [2.05, 4.69) is 0 Å². The molecule has 0 spiro atoms. The Bertz CT molecular complexity index is 453. The largest absolute Gasteiger partial charge is 0.511 e. The SMILES string of the molecule is CC(O)=C(C#N)C=C1C(=O)OC(C)(C)OC1=O. The van der Waals surface area contributed by atoms with Crippen LogP contribution in [0, 0.1) is 11.3 Å². The first kappa shape index (κ1) is 12.8. The van der Waals surface area contributed by atoms with Crippen molar-refractivity contribution in [3.8, 4) is 6.07 Å². The van der Waals surface area contributed by atoms with Crippen LogP contribution in [0.2, 0.25) is 0 Å². The number of nitriles is 1. The molecule has 1 fully saturated rings. The molecule has 0 unspecified atom stereocenters. The average molecular weight is 237 g/mol. The third-order valence-corrected chi connectivity index (χ3v) is 1.92. The molecular weight excluding hydrogens is 226 g/mol.